The van der Waals surface area contributed by atoms with Crippen molar-refractivity contribution in [3.8, 4) is 11.5 Å². The fourth-order valence-corrected chi connectivity index (χ4v) is 3.60. The molecule has 0 aliphatic carbocycles. The standard InChI is InChI=1S/C21H22N4O4S/c1-13-4-7-15(8-5-13)23-19(26)11-18-20(27)24-21(30-18)25-22-12-14-6-9-16(28-2)10-17(14)29-3/h4-10,12,18H,11H2,1-3H3,(H,23,26)(H,24,25,27)/b22-12-/t18-/m0/s1. The van der Waals surface area contributed by atoms with Crippen LogP contribution in [0.5, 0.6) is 11.5 Å². The van der Waals surface area contributed by atoms with Crippen LogP contribution in [0.2, 0.25) is 0 Å². The number of hydrogen-bond acceptors (Lipinski definition) is 7. The summed E-state index contributed by atoms with van der Waals surface area (Å²) in [5.41, 5.74) is 2.51. The van der Waals surface area contributed by atoms with Crippen molar-refractivity contribution in [1.82, 2.24) is 5.32 Å². The summed E-state index contributed by atoms with van der Waals surface area (Å²) in [5, 5.41) is 13.3. The first-order chi connectivity index (χ1) is 14.5. The van der Waals surface area contributed by atoms with Crippen molar-refractivity contribution in [3.05, 3.63) is 53.6 Å². The van der Waals surface area contributed by atoms with Crippen molar-refractivity contribution >= 4 is 40.6 Å². The van der Waals surface area contributed by atoms with E-state index < -0.39 is 5.25 Å². The molecule has 8 nitrogen and oxygen atoms in total. The number of amidine groups is 1. The summed E-state index contributed by atoms with van der Waals surface area (Å²) < 4.78 is 10.5. The first kappa shape index (κ1) is 21.4. The Morgan fingerprint density at radius 2 is 1.97 bits per heavy atom. The molecule has 1 saturated heterocycles. The first-order valence-electron chi connectivity index (χ1n) is 9.15. The number of nitrogens with one attached hydrogen (secondary N) is 2. The SMILES string of the molecule is COc1ccc(/C=N\N=C2/NC(=O)[C@H](CC(=O)Nc3ccc(C)cc3)S2)c(OC)c1. The van der Waals surface area contributed by atoms with Crippen molar-refractivity contribution in [2.75, 3.05) is 19.5 Å². The quantitative estimate of drug-likeness (QED) is 0.524. The zero-order valence-corrected chi connectivity index (χ0v) is 17.7. The maximum absolute atomic E-state index is 12.2. The van der Waals surface area contributed by atoms with E-state index in [9.17, 15) is 9.59 Å². The summed E-state index contributed by atoms with van der Waals surface area (Å²) in [7, 11) is 3.13. The van der Waals surface area contributed by atoms with E-state index in [1.165, 1.54) is 18.0 Å². The summed E-state index contributed by atoms with van der Waals surface area (Å²) in [6.07, 6.45) is 1.56. The van der Waals surface area contributed by atoms with Crippen LogP contribution in [-0.4, -0.2) is 42.7 Å². The van der Waals surface area contributed by atoms with Gasteiger partial charge in [-0.2, -0.15) is 5.10 Å². The predicted molar refractivity (Wildman–Crippen MR) is 119 cm³/mol. The molecule has 2 aromatic rings. The van der Waals surface area contributed by atoms with Crippen LogP contribution >= 0.6 is 11.8 Å². The number of carbonyl (C=O) groups is 2. The maximum atomic E-state index is 12.2. The average molecular weight is 426 g/mol. The molecule has 156 valence electrons. The van der Waals surface area contributed by atoms with E-state index in [1.54, 1.807) is 32.4 Å². The predicted octanol–water partition coefficient (Wildman–Crippen LogP) is 2.96. The molecular formula is C21H22N4O4S. The number of carbonyl (C=O) groups excluding carboxylic acids is 2. The zero-order chi connectivity index (χ0) is 21.5. The molecule has 0 bridgehead atoms. The van der Waals surface area contributed by atoms with Crippen molar-refractivity contribution in [1.29, 1.82) is 0 Å². The molecule has 0 spiro atoms. The van der Waals surface area contributed by atoms with Crippen LogP contribution in [0.15, 0.2) is 52.7 Å². The fourth-order valence-electron chi connectivity index (χ4n) is 2.67. The number of rotatable bonds is 7. The highest BCUT2D eigenvalue weighted by molar-refractivity contribution is 8.15. The Kier molecular flexibility index (Phi) is 7.08. The van der Waals surface area contributed by atoms with E-state index in [0.29, 0.717) is 27.9 Å². The van der Waals surface area contributed by atoms with Gasteiger partial charge in [0.25, 0.3) is 0 Å². The Morgan fingerprint density at radius 3 is 2.67 bits per heavy atom. The Bertz CT molecular complexity index is 989. The summed E-state index contributed by atoms with van der Waals surface area (Å²) in [6.45, 7) is 1.97. The van der Waals surface area contributed by atoms with E-state index >= 15 is 0 Å². The summed E-state index contributed by atoms with van der Waals surface area (Å²) in [5.74, 6) is 0.752. The second-order valence-electron chi connectivity index (χ2n) is 6.47. The summed E-state index contributed by atoms with van der Waals surface area (Å²) >= 11 is 1.17. The molecule has 1 aliphatic heterocycles. The first-order valence-corrected chi connectivity index (χ1v) is 10.0. The Balaban J connectivity index is 1.58. The molecule has 30 heavy (non-hydrogen) atoms. The van der Waals surface area contributed by atoms with Crippen molar-refractivity contribution < 1.29 is 19.1 Å². The van der Waals surface area contributed by atoms with Gasteiger partial charge in [0.1, 0.15) is 16.7 Å². The third-order valence-corrected chi connectivity index (χ3v) is 5.34. The largest absolute Gasteiger partial charge is 0.497 e. The van der Waals surface area contributed by atoms with Crippen molar-refractivity contribution in [2.45, 2.75) is 18.6 Å². The number of amides is 2. The lowest BCUT2D eigenvalue weighted by atomic mass is 10.2. The van der Waals surface area contributed by atoms with Gasteiger partial charge in [-0.15, -0.1) is 5.10 Å². The lowest BCUT2D eigenvalue weighted by Gasteiger charge is -2.07. The van der Waals surface area contributed by atoms with Gasteiger partial charge < -0.3 is 20.1 Å². The number of anilines is 1. The Hall–Kier alpha value is -3.33. The monoisotopic (exact) mass is 426 g/mol. The van der Waals surface area contributed by atoms with E-state index in [0.717, 1.165) is 5.56 Å². The number of nitrogens with zero attached hydrogens (tertiary/aromatic N) is 2. The van der Waals surface area contributed by atoms with Gasteiger partial charge in [0.05, 0.1) is 20.4 Å². The minimum atomic E-state index is -0.556. The highest BCUT2D eigenvalue weighted by Crippen LogP contribution is 2.25. The number of hydrogen-bond donors (Lipinski definition) is 2. The van der Waals surface area contributed by atoms with E-state index in [1.807, 2.05) is 31.2 Å². The van der Waals surface area contributed by atoms with Crippen LogP contribution in [0.4, 0.5) is 5.69 Å². The van der Waals surface area contributed by atoms with Crippen LogP contribution in [0, 0.1) is 6.92 Å². The number of aryl methyl sites for hydroxylation is 1. The van der Waals surface area contributed by atoms with Gasteiger partial charge in [-0.25, -0.2) is 0 Å². The molecule has 0 saturated carbocycles. The molecule has 1 heterocycles. The Morgan fingerprint density at radius 1 is 1.20 bits per heavy atom. The highest BCUT2D eigenvalue weighted by atomic mass is 32.2. The van der Waals surface area contributed by atoms with Gasteiger partial charge in [0.15, 0.2) is 5.17 Å². The fraction of sp³-hybridized carbons (Fsp3) is 0.238. The number of methoxy groups -OCH3 is 2. The van der Waals surface area contributed by atoms with Crippen molar-refractivity contribution in [2.24, 2.45) is 10.2 Å². The molecule has 0 unspecified atom stereocenters. The van der Waals surface area contributed by atoms with E-state index in [4.69, 9.17) is 9.47 Å². The summed E-state index contributed by atoms with van der Waals surface area (Å²) in [4.78, 5) is 24.4. The zero-order valence-electron chi connectivity index (χ0n) is 16.8. The molecule has 0 radical (unpaired) electrons. The van der Waals surface area contributed by atoms with E-state index in [2.05, 4.69) is 20.8 Å². The Labute approximate surface area is 178 Å². The minimum Gasteiger partial charge on any atom is -0.497 e. The molecule has 2 aromatic carbocycles. The lowest BCUT2D eigenvalue weighted by Crippen LogP contribution is -2.28. The topological polar surface area (TPSA) is 101 Å². The number of thioether (sulfide) groups is 1. The maximum Gasteiger partial charge on any atom is 0.240 e. The molecule has 1 atom stereocenters. The second kappa shape index (κ2) is 9.93. The van der Waals surface area contributed by atoms with E-state index in [-0.39, 0.29) is 18.2 Å². The smallest absolute Gasteiger partial charge is 0.240 e. The van der Waals surface area contributed by atoms with Gasteiger partial charge in [0.2, 0.25) is 11.8 Å². The molecule has 1 fully saturated rings. The third-order valence-electron chi connectivity index (χ3n) is 4.27. The second-order valence-corrected chi connectivity index (χ2v) is 7.66. The van der Waals surface area contributed by atoms with Crippen LogP contribution in [0.3, 0.4) is 0 Å². The third kappa shape index (κ3) is 5.60. The highest BCUT2D eigenvalue weighted by Gasteiger charge is 2.32. The summed E-state index contributed by atoms with van der Waals surface area (Å²) in [6, 6.07) is 12.8. The minimum absolute atomic E-state index is 0.0411. The van der Waals surface area contributed by atoms with Gasteiger partial charge >= 0.3 is 0 Å². The molecule has 1 aliphatic rings. The molecule has 0 aromatic heterocycles. The number of ether oxygens (including phenoxy) is 2. The number of benzene rings is 2. The normalized spacial score (nSPS) is 17.2. The lowest BCUT2D eigenvalue weighted by molar-refractivity contribution is -0.122. The van der Waals surface area contributed by atoms with Crippen LogP contribution in [-0.2, 0) is 9.59 Å². The van der Waals surface area contributed by atoms with Crippen LogP contribution in [0.1, 0.15) is 17.5 Å². The van der Waals surface area contributed by atoms with Crippen LogP contribution in [0.25, 0.3) is 0 Å². The molecule has 3 rings (SSSR count). The van der Waals surface area contributed by atoms with Crippen LogP contribution < -0.4 is 20.1 Å². The average Bonchev–Trinajstić information content (AvgIpc) is 3.08. The van der Waals surface area contributed by atoms with Gasteiger partial charge in [-0.1, -0.05) is 29.5 Å². The molecule has 2 amide bonds. The van der Waals surface area contributed by atoms with Crippen molar-refractivity contribution in [3.63, 3.8) is 0 Å². The molecular weight excluding hydrogens is 404 g/mol. The van der Waals surface area contributed by atoms with Gasteiger partial charge in [-0.05, 0) is 31.2 Å². The molecule has 9 heteroatoms. The molecule has 2 N–H and O–H groups in total. The van der Waals surface area contributed by atoms with Gasteiger partial charge in [0, 0.05) is 23.7 Å². The van der Waals surface area contributed by atoms with Gasteiger partial charge in [-0.3, -0.25) is 9.59 Å².